The van der Waals surface area contributed by atoms with Crippen LogP contribution in [-0.4, -0.2) is 26.8 Å². The molecule has 2 rings (SSSR count). The Hall–Kier alpha value is -0.940. The van der Waals surface area contributed by atoms with Gasteiger partial charge in [-0.3, -0.25) is 0 Å². The Balaban J connectivity index is 2.36. The molecule has 0 spiro atoms. The van der Waals surface area contributed by atoms with Crippen LogP contribution in [0.3, 0.4) is 0 Å². The van der Waals surface area contributed by atoms with Gasteiger partial charge in [-0.1, -0.05) is 12.5 Å². The number of hydrogen-bond acceptors (Lipinski definition) is 3. The number of hydrogen-bond donors (Lipinski definition) is 1. The van der Waals surface area contributed by atoms with Gasteiger partial charge in [0, 0.05) is 6.04 Å². The standard InChI is InChI=1S/C12H16FNO2S/c1-14-11-6-3-7-12(11)17(15,16)10-5-2-4-9(13)8-10/h2,4-5,8,11-12,14H,3,6-7H2,1H3. The van der Waals surface area contributed by atoms with Crippen molar-refractivity contribution in [1.82, 2.24) is 5.32 Å². The van der Waals surface area contributed by atoms with Crippen molar-refractivity contribution < 1.29 is 12.8 Å². The third-order valence-corrected chi connectivity index (χ3v) is 5.62. The second-order valence-electron chi connectivity index (χ2n) is 4.37. The lowest BCUT2D eigenvalue weighted by atomic mass is 10.2. The maximum atomic E-state index is 13.1. The molecule has 0 saturated heterocycles. The highest BCUT2D eigenvalue weighted by atomic mass is 32.2. The van der Waals surface area contributed by atoms with Crippen LogP contribution in [0.4, 0.5) is 4.39 Å². The van der Waals surface area contributed by atoms with Gasteiger partial charge in [-0.25, -0.2) is 12.8 Å². The van der Waals surface area contributed by atoms with E-state index in [1.54, 1.807) is 7.05 Å². The molecule has 1 fully saturated rings. The van der Waals surface area contributed by atoms with Crippen molar-refractivity contribution >= 4 is 9.84 Å². The van der Waals surface area contributed by atoms with Crippen LogP contribution >= 0.6 is 0 Å². The van der Waals surface area contributed by atoms with E-state index in [1.165, 1.54) is 18.2 Å². The molecule has 0 bridgehead atoms. The zero-order chi connectivity index (χ0) is 12.5. The van der Waals surface area contributed by atoms with Crippen LogP contribution in [0.5, 0.6) is 0 Å². The van der Waals surface area contributed by atoms with E-state index in [-0.39, 0.29) is 10.9 Å². The summed E-state index contributed by atoms with van der Waals surface area (Å²) in [4.78, 5) is 0.0876. The first-order valence-electron chi connectivity index (χ1n) is 5.72. The van der Waals surface area contributed by atoms with Crippen molar-refractivity contribution in [2.45, 2.75) is 35.4 Å². The van der Waals surface area contributed by atoms with Crippen molar-refractivity contribution in [1.29, 1.82) is 0 Å². The Morgan fingerprint density at radius 1 is 1.35 bits per heavy atom. The third kappa shape index (κ3) is 2.35. The molecule has 1 aliphatic carbocycles. The Morgan fingerprint density at radius 3 is 2.76 bits per heavy atom. The number of sulfone groups is 1. The molecule has 0 amide bonds. The first-order chi connectivity index (χ1) is 8.05. The van der Waals surface area contributed by atoms with E-state index >= 15 is 0 Å². The fraction of sp³-hybridized carbons (Fsp3) is 0.500. The van der Waals surface area contributed by atoms with Gasteiger partial charge < -0.3 is 5.32 Å². The average molecular weight is 257 g/mol. The van der Waals surface area contributed by atoms with E-state index in [2.05, 4.69) is 5.32 Å². The lowest BCUT2D eigenvalue weighted by molar-refractivity contribution is 0.536. The van der Waals surface area contributed by atoms with Gasteiger partial charge in [0.1, 0.15) is 5.82 Å². The molecule has 0 aliphatic heterocycles. The fourth-order valence-electron chi connectivity index (χ4n) is 2.45. The lowest BCUT2D eigenvalue weighted by Gasteiger charge is -2.19. The summed E-state index contributed by atoms with van der Waals surface area (Å²) in [6.07, 6.45) is 2.39. The van der Waals surface area contributed by atoms with Gasteiger partial charge in [-0.05, 0) is 38.1 Å². The molecule has 3 nitrogen and oxygen atoms in total. The highest BCUT2D eigenvalue weighted by Crippen LogP contribution is 2.30. The molecular weight excluding hydrogens is 241 g/mol. The van der Waals surface area contributed by atoms with Crippen LogP contribution in [0.2, 0.25) is 0 Å². The fourth-order valence-corrected chi connectivity index (χ4v) is 4.52. The monoisotopic (exact) mass is 257 g/mol. The van der Waals surface area contributed by atoms with Crippen molar-refractivity contribution in [3.8, 4) is 0 Å². The molecule has 1 aromatic carbocycles. The highest BCUT2D eigenvalue weighted by molar-refractivity contribution is 7.92. The van der Waals surface area contributed by atoms with E-state index in [1.807, 2.05) is 0 Å². The van der Waals surface area contributed by atoms with Gasteiger partial charge in [0.2, 0.25) is 0 Å². The Bertz CT molecular complexity index is 501. The summed E-state index contributed by atoms with van der Waals surface area (Å²) in [5.41, 5.74) is 0. The van der Waals surface area contributed by atoms with Crippen molar-refractivity contribution in [2.75, 3.05) is 7.05 Å². The quantitative estimate of drug-likeness (QED) is 0.897. The van der Waals surface area contributed by atoms with Crippen LogP contribution in [0.1, 0.15) is 19.3 Å². The number of rotatable bonds is 3. The lowest BCUT2D eigenvalue weighted by Crippen LogP contribution is -2.38. The van der Waals surface area contributed by atoms with Crippen molar-refractivity contribution in [3.63, 3.8) is 0 Å². The second kappa shape index (κ2) is 4.74. The third-order valence-electron chi connectivity index (χ3n) is 3.35. The van der Waals surface area contributed by atoms with E-state index in [0.717, 1.165) is 18.9 Å². The molecular formula is C12H16FNO2S. The zero-order valence-corrected chi connectivity index (χ0v) is 10.5. The molecule has 1 aliphatic rings. The Kier molecular flexibility index (Phi) is 3.49. The molecule has 0 aromatic heterocycles. The van der Waals surface area contributed by atoms with Gasteiger partial charge in [0.05, 0.1) is 10.1 Å². The van der Waals surface area contributed by atoms with Crippen LogP contribution < -0.4 is 5.32 Å². The van der Waals surface area contributed by atoms with Crippen molar-refractivity contribution in [3.05, 3.63) is 30.1 Å². The van der Waals surface area contributed by atoms with Crippen LogP contribution in [0.25, 0.3) is 0 Å². The van der Waals surface area contributed by atoms with Gasteiger partial charge >= 0.3 is 0 Å². The molecule has 1 aromatic rings. The van der Waals surface area contributed by atoms with Crippen molar-refractivity contribution in [2.24, 2.45) is 0 Å². The molecule has 0 heterocycles. The minimum Gasteiger partial charge on any atom is -0.316 e. The van der Waals surface area contributed by atoms with Gasteiger partial charge in [0.25, 0.3) is 0 Å². The average Bonchev–Trinajstić information content (AvgIpc) is 2.77. The van der Waals surface area contributed by atoms with E-state index < -0.39 is 20.9 Å². The summed E-state index contributed by atoms with van der Waals surface area (Å²) < 4.78 is 37.8. The number of benzene rings is 1. The first kappa shape index (κ1) is 12.5. The number of nitrogens with one attached hydrogen (secondary N) is 1. The van der Waals surface area contributed by atoms with Crippen LogP contribution in [0.15, 0.2) is 29.2 Å². The second-order valence-corrected chi connectivity index (χ2v) is 6.53. The predicted octanol–water partition coefficient (Wildman–Crippen LogP) is 1.74. The molecule has 0 radical (unpaired) electrons. The van der Waals surface area contributed by atoms with Gasteiger partial charge in [-0.2, -0.15) is 0 Å². The molecule has 2 atom stereocenters. The summed E-state index contributed by atoms with van der Waals surface area (Å²) in [6, 6.07) is 5.22. The summed E-state index contributed by atoms with van der Waals surface area (Å²) >= 11 is 0. The Morgan fingerprint density at radius 2 is 2.12 bits per heavy atom. The van der Waals surface area contributed by atoms with E-state index in [4.69, 9.17) is 0 Å². The zero-order valence-electron chi connectivity index (χ0n) is 9.69. The maximum absolute atomic E-state index is 13.1. The summed E-state index contributed by atoms with van der Waals surface area (Å²) in [5, 5.41) is 2.60. The van der Waals surface area contributed by atoms with E-state index in [9.17, 15) is 12.8 Å². The Labute approximate surface area is 101 Å². The summed E-state index contributed by atoms with van der Waals surface area (Å²) in [6.45, 7) is 0. The maximum Gasteiger partial charge on any atom is 0.182 e. The minimum atomic E-state index is -3.42. The van der Waals surface area contributed by atoms with Gasteiger partial charge in [0.15, 0.2) is 9.84 Å². The van der Waals surface area contributed by atoms with Crippen LogP contribution in [-0.2, 0) is 9.84 Å². The molecule has 94 valence electrons. The summed E-state index contributed by atoms with van der Waals surface area (Å²) in [7, 11) is -1.66. The summed E-state index contributed by atoms with van der Waals surface area (Å²) in [5.74, 6) is -0.509. The molecule has 1 N–H and O–H groups in total. The molecule has 17 heavy (non-hydrogen) atoms. The molecule has 2 unspecified atom stereocenters. The smallest absolute Gasteiger partial charge is 0.182 e. The molecule has 1 saturated carbocycles. The normalized spacial score (nSPS) is 25.1. The highest BCUT2D eigenvalue weighted by Gasteiger charge is 2.37. The van der Waals surface area contributed by atoms with Crippen LogP contribution in [0, 0.1) is 5.82 Å². The van der Waals surface area contributed by atoms with Gasteiger partial charge in [-0.15, -0.1) is 0 Å². The largest absolute Gasteiger partial charge is 0.316 e. The SMILES string of the molecule is CNC1CCCC1S(=O)(=O)c1cccc(F)c1. The van der Waals surface area contributed by atoms with E-state index in [0.29, 0.717) is 6.42 Å². The predicted molar refractivity (Wildman–Crippen MR) is 64.1 cm³/mol. The molecule has 5 heteroatoms. The minimum absolute atomic E-state index is 0.0248. The topological polar surface area (TPSA) is 46.2 Å². The first-order valence-corrected chi connectivity index (χ1v) is 7.27. The number of halogens is 1.